The van der Waals surface area contributed by atoms with Crippen molar-refractivity contribution < 1.29 is 24.2 Å². The molecule has 2 fully saturated rings. The van der Waals surface area contributed by atoms with Gasteiger partial charge in [0.05, 0.1) is 31.0 Å². The van der Waals surface area contributed by atoms with Crippen molar-refractivity contribution in [3.8, 4) is 11.1 Å². The molecule has 0 saturated carbocycles. The van der Waals surface area contributed by atoms with E-state index < -0.39 is 11.6 Å². The molecular formula is C39H44N2O5. The summed E-state index contributed by atoms with van der Waals surface area (Å²) in [6, 6.07) is 30.8. The Morgan fingerprint density at radius 1 is 0.783 bits per heavy atom. The minimum Gasteiger partial charge on any atom is -0.394 e. The zero-order valence-electron chi connectivity index (χ0n) is 26.9. The van der Waals surface area contributed by atoms with Crippen molar-refractivity contribution in [2.24, 2.45) is 0 Å². The van der Waals surface area contributed by atoms with E-state index in [4.69, 9.17) is 9.47 Å². The lowest BCUT2D eigenvalue weighted by molar-refractivity contribution is -0.128. The summed E-state index contributed by atoms with van der Waals surface area (Å²) >= 11 is 0. The molecule has 7 heteroatoms. The maximum atomic E-state index is 14.6. The van der Waals surface area contributed by atoms with Crippen molar-refractivity contribution in [1.82, 2.24) is 10.2 Å². The fraction of sp³-hybridized carbons (Fsp3) is 0.385. The summed E-state index contributed by atoms with van der Waals surface area (Å²) in [5.41, 5.74) is 2.86. The van der Waals surface area contributed by atoms with Crippen LogP contribution in [0.2, 0.25) is 0 Å². The van der Waals surface area contributed by atoms with Gasteiger partial charge >= 0.3 is 0 Å². The van der Waals surface area contributed by atoms with E-state index in [1.165, 1.54) is 0 Å². The molecule has 0 aromatic heterocycles. The monoisotopic (exact) mass is 620 g/mol. The molecule has 6 rings (SSSR count). The van der Waals surface area contributed by atoms with Gasteiger partial charge in [-0.15, -0.1) is 0 Å². The topological polar surface area (TPSA) is 88.1 Å². The van der Waals surface area contributed by atoms with Crippen molar-refractivity contribution in [2.75, 3.05) is 13.2 Å². The second-order valence-electron chi connectivity index (χ2n) is 13.6. The van der Waals surface area contributed by atoms with Crippen LogP contribution in [0.1, 0.15) is 68.4 Å². The summed E-state index contributed by atoms with van der Waals surface area (Å²) in [4.78, 5) is 30.5. The van der Waals surface area contributed by atoms with E-state index in [9.17, 15) is 14.7 Å². The van der Waals surface area contributed by atoms with E-state index >= 15 is 0 Å². The van der Waals surface area contributed by atoms with Crippen LogP contribution in [0.4, 0.5) is 0 Å². The van der Waals surface area contributed by atoms with Crippen LogP contribution >= 0.6 is 0 Å². The highest BCUT2D eigenvalue weighted by Crippen LogP contribution is 2.34. The van der Waals surface area contributed by atoms with Crippen LogP contribution in [-0.2, 0) is 14.3 Å². The number of hydrogen-bond donors (Lipinski definition) is 2. The van der Waals surface area contributed by atoms with Gasteiger partial charge in [0.2, 0.25) is 5.91 Å². The van der Waals surface area contributed by atoms with Crippen LogP contribution in [0.3, 0.4) is 0 Å². The molecule has 46 heavy (non-hydrogen) atoms. The molecule has 2 aliphatic heterocycles. The lowest BCUT2D eigenvalue weighted by Gasteiger charge is -2.35. The molecule has 2 aliphatic rings. The predicted octanol–water partition coefficient (Wildman–Crippen LogP) is 6.69. The third kappa shape index (κ3) is 7.33. The molecule has 5 atom stereocenters. The number of fused-ring (bicyclic) bond motifs is 1. The summed E-state index contributed by atoms with van der Waals surface area (Å²) in [6.45, 7) is 6.10. The lowest BCUT2D eigenvalue weighted by atomic mass is 9.97. The van der Waals surface area contributed by atoms with Gasteiger partial charge in [0, 0.05) is 17.6 Å². The molecule has 2 N–H and O–H groups in total. The van der Waals surface area contributed by atoms with Crippen molar-refractivity contribution in [1.29, 1.82) is 0 Å². The Balaban J connectivity index is 1.35. The highest BCUT2D eigenvalue weighted by molar-refractivity contribution is 6.01. The number of nitrogens with zero attached hydrogens (tertiary/aromatic N) is 1. The maximum absolute atomic E-state index is 14.6. The van der Waals surface area contributed by atoms with E-state index in [1.54, 1.807) is 4.90 Å². The van der Waals surface area contributed by atoms with Gasteiger partial charge in [0.1, 0.15) is 6.04 Å². The summed E-state index contributed by atoms with van der Waals surface area (Å²) < 4.78 is 12.6. The van der Waals surface area contributed by atoms with E-state index in [1.807, 2.05) is 106 Å². The van der Waals surface area contributed by atoms with E-state index in [0.29, 0.717) is 5.56 Å². The summed E-state index contributed by atoms with van der Waals surface area (Å²) in [5, 5.41) is 14.7. The molecule has 0 bridgehead atoms. The average molecular weight is 621 g/mol. The first-order valence-electron chi connectivity index (χ1n) is 16.4. The smallest absolute Gasteiger partial charge is 0.254 e. The predicted molar refractivity (Wildman–Crippen MR) is 180 cm³/mol. The number of amides is 2. The van der Waals surface area contributed by atoms with Crippen molar-refractivity contribution in [2.45, 2.75) is 82.5 Å². The van der Waals surface area contributed by atoms with Gasteiger partial charge in [0.15, 0.2) is 0 Å². The number of ether oxygens (including phenoxy) is 2. The average Bonchev–Trinajstić information content (AvgIpc) is 3.74. The fourth-order valence-corrected chi connectivity index (χ4v) is 6.69. The van der Waals surface area contributed by atoms with Gasteiger partial charge in [-0.2, -0.15) is 0 Å². The number of carbonyl (C=O) groups excluding carboxylic acids is 2. The summed E-state index contributed by atoms with van der Waals surface area (Å²) in [6.07, 6.45) is 2.61. The Bertz CT molecular complexity index is 1650. The number of benzene rings is 4. The van der Waals surface area contributed by atoms with Crippen molar-refractivity contribution in [3.05, 3.63) is 108 Å². The second-order valence-corrected chi connectivity index (χ2v) is 13.6. The van der Waals surface area contributed by atoms with Crippen LogP contribution < -0.4 is 5.32 Å². The van der Waals surface area contributed by atoms with E-state index in [-0.39, 0.29) is 49.4 Å². The number of hydrogen-bond acceptors (Lipinski definition) is 5. The van der Waals surface area contributed by atoms with Gasteiger partial charge in [0.25, 0.3) is 5.91 Å². The zero-order valence-corrected chi connectivity index (χ0v) is 26.9. The molecule has 4 aromatic carbocycles. The quantitative estimate of drug-likeness (QED) is 0.218. The van der Waals surface area contributed by atoms with Gasteiger partial charge in [-0.25, -0.2) is 0 Å². The van der Waals surface area contributed by atoms with E-state index in [0.717, 1.165) is 53.1 Å². The number of rotatable bonds is 9. The molecule has 0 spiro atoms. The number of carbonyl (C=O) groups is 2. The van der Waals surface area contributed by atoms with Gasteiger partial charge in [-0.3, -0.25) is 9.59 Å². The van der Waals surface area contributed by atoms with E-state index in [2.05, 4.69) is 17.4 Å². The third-order valence-electron chi connectivity index (χ3n) is 8.95. The fourth-order valence-electron chi connectivity index (χ4n) is 6.69. The molecule has 1 unspecified atom stereocenters. The second kappa shape index (κ2) is 13.8. The zero-order chi connectivity index (χ0) is 32.3. The summed E-state index contributed by atoms with van der Waals surface area (Å²) in [7, 11) is 0. The Hall–Kier alpha value is -4.04. The molecule has 2 saturated heterocycles. The largest absolute Gasteiger partial charge is 0.394 e. The highest BCUT2D eigenvalue weighted by atomic mass is 16.6. The number of nitrogens with one attached hydrogen (secondary N) is 1. The first-order chi connectivity index (χ1) is 22.2. The normalized spacial score (nSPS) is 22.1. The lowest BCUT2D eigenvalue weighted by Crippen LogP contribution is -2.51. The molecule has 0 radical (unpaired) electrons. The highest BCUT2D eigenvalue weighted by Gasteiger charge is 2.41. The minimum absolute atomic E-state index is 0.00825. The number of aliphatic hydroxyl groups is 1. The van der Waals surface area contributed by atoms with Gasteiger partial charge < -0.3 is 24.8 Å². The minimum atomic E-state index is -0.882. The Kier molecular flexibility index (Phi) is 9.54. The van der Waals surface area contributed by atoms with Crippen molar-refractivity contribution in [3.63, 3.8) is 0 Å². The van der Waals surface area contributed by atoms with Crippen LogP contribution in [0, 0.1) is 0 Å². The standard InChI is InChI=1S/C39H44N2O5/c1-39(2,3)40-37(43)36(29-16-13-28(14-17-29)26-9-5-4-6-10-26)41(38(44)31-18-15-27-11-7-8-12-30(27)23-31)24-32-19-21-34(45-32)35-22-20-33(25-42)46-35/h4-18,23,32-36,42H,19-22,24-25H2,1-3H3,(H,40,43)/t32-,33-,34+,35+,36?/m1/s1. The Labute approximate surface area is 271 Å². The first kappa shape index (κ1) is 31.9. The Morgan fingerprint density at radius 2 is 1.39 bits per heavy atom. The summed E-state index contributed by atoms with van der Waals surface area (Å²) in [5.74, 6) is -0.468. The molecule has 240 valence electrons. The van der Waals surface area contributed by atoms with Crippen LogP contribution in [0.5, 0.6) is 0 Å². The number of aliphatic hydroxyl groups excluding tert-OH is 1. The third-order valence-corrected chi connectivity index (χ3v) is 8.95. The van der Waals surface area contributed by atoms with Crippen LogP contribution in [-0.4, -0.2) is 64.9 Å². The SMILES string of the molecule is CC(C)(C)NC(=O)C(c1ccc(-c2ccccc2)cc1)N(C[C@H]1CC[C@@H]([C@@H]2CC[C@H](CO)O2)O1)C(=O)c1ccc2ccccc2c1. The molecular weight excluding hydrogens is 576 g/mol. The Morgan fingerprint density at radius 3 is 2.04 bits per heavy atom. The molecule has 0 aliphatic carbocycles. The maximum Gasteiger partial charge on any atom is 0.254 e. The molecule has 2 amide bonds. The van der Waals surface area contributed by atoms with Crippen LogP contribution in [0.15, 0.2) is 97.1 Å². The molecule has 4 aromatic rings. The molecule has 7 nitrogen and oxygen atoms in total. The van der Waals surface area contributed by atoms with Gasteiger partial charge in [-0.1, -0.05) is 84.9 Å². The molecule has 2 heterocycles. The van der Waals surface area contributed by atoms with Gasteiger partial charge in [-0.05, 0) is 86.1 Å². The van der Waals surface area contributed by atoms with Crippen molar-refractivity contribution >= 4 is 22.6 Å². The first-order valence-corrected chi connectivity index (χ1v) is 16.4. The van der Waals surface area contributed by atoms with Crippen LogP contribution in [0.25, 0.3) is 21.9 Å².